The standard InChI is InChI=1S/C10H8F9N3O2S/c1-5-6(2)22(4-3-20-5)21-25(23,24)10(18,19)8(13,14)7(11,12)9(15,16)17/h3-4H,1-2H3. The van der Waals surface area contributed by atoms with Gasteiger partial charge < -0.3 is 4.83 Å². The van der Waals surface area contributed by atoms with E-state index in [1.54, 1.807) is 0 Å². The molecule has 144 valence electrons. The predicted octanol–water partition coefficient (Wildman–Crippen LogP) is 2.88. The van der Waals surface area contributed by atoms with E-state index in [0.717, 1.165) is 13.1 Å². The molecule has 0 N–H and O–H groups in total. The van der Waals surface area contributed by atoms with Gasteiger partial charge in [0.15, 0.2) is 11.9 Å². The number of nitrogens with zero attached hydrogens (tertiary/aromatic N) is 3. The molecule has 0 unspecified atom stereocenters. The first-order chi connectivity index (χ1) is 10.9. The Morgan fingerprint density at radius 2 is 1.44 bits per heavy atom. The lowest BCUT2D eigenvalue weighted by Gasteiger charge is -2.35. The zero-order valence-corrected chi connectivity index (χ0v) is 12.9. The fraction of sp³-hybridized carbons (Fsp3) is 0.600. The lowest BCUT2D eigenvalue weighted by atomic mass is 10.1. The van der Waals surface area contributed by atoms with Crippen molar-refractivity contribution in [2.45, 2.75) is 37.1 Å². The second kappa shape index (κ2) is 5.88. The summed E-state index contributed by atoms with van der Waals surface area (Å²) in [6, 6.07) is 0. The van der Waals surface area contributed by atoms with E-state index in [0.29, 0.717) is 6.20 Å². The van der Waals surface area contributed by atoms with Crippen LogP contribution in [0.3, 0.4) is 0 Å². The summed E-state index contributed by atoms with van der Waals surface area (Å²) in [5.41, 5.74) is -0.273. The molecule has 1 rings (SSSR count). The van der Waals surface area contributed by atoms with Gasteiger partial charge in [-0.3, -0.25) is 0 Å². The van der Waals surface area contributed by atoms with Gasteiger partial charge in [-0.25, -0.2) is 18.1 Å². The number of alkyl halides is 9. The summed E-state index contributed by atoms with van der Waals surface area (Å²) in [4.78, 5) is 5.77. The maximum atomic E-state index is 13.5. The summed E-state index contributed by atoms with van der Waals surface area (Å²) in [7, 11) is -6.86. The lowest BCUT2D eigenvalue weighted by molar-refractivity contribution is -0.622. The van der Waals surface area contributed by atoms with Gasteiger partial charge in [-0.2, -0.15) is 39.5 Å². The molecule has 0 aliphatic carbocycles. The molecule has 0 spiro atoms. The Hall–Kier alpha value is -1.80. The molecular weight excluding hydrogens is 397 g/mol. The van der Waals surface area contributed by atoms with Crippen LogP contribution in [0.1, 0.15) is 11.4 Å². The normalized spacial score (nSPS) is 14.5. The summed E-state index contributed by atoms with van der Waals surface area (Å²) < 4.78 is 138. The molecule has 0 radical (unpaired) electrons. The highest BCUT2D eigenvalue weighted by Gasteiger charge is 2.84. The Bertz CT molecular complexity index is 761. The van der Waals surface area contributed by atoms with Crippen LogP contribution in [0.5, 0.6) is 0 Å². The molecule has 0 aliphatic rings. The minimum atomic E-state index is -7.33. The molecule has 1 aromatic heterocycles. The van der Waals surface area contributed by atoms with Gasteiger partial charge >= 0.3 is 23.3 Å². The summed E-state index contributed by atoms with van der Waals surface area (Å²) in [6.07, 6.45) is -5.73. The van der Waals surface area contributed by atoms with Crippen molar-refractivity contribution >= 4 is 10.0 Å². The largest absolute Gasteiger partial charge is 0.460 e. The highest BCUT2D eigenvalue weighted by molar-refractivity contribution is 7.94. The minimum absolute atomic E-state index is 0.00264. The molecule has 0 aliphatic heterocycles. The van der Waals surface area contributed by atoms with E-state index in [1.807, 2.05) is 0 Å². The third-order valence-electron chi connectivity index (χ3n) is 2.98. The molecule has 0 saturated carbocycles. The highest BCUT2D eigenvalue weighted by Crippen LogP contribution is 2.55. The van der Waals surface area contributed by atoms with Crippen molar-refractivity contribution in [2.75, 3.05) is 0 Å². The fourth-order valence-electron chi connectivity index (χ4n) is 1.36. The maximum absolute atomic E-state index is 13.5. The van der Waals surface area contributed by atoms with Crippen molar-refractivity contribution in [3.63, 3.8) is 0 Å². The topological polar surface area (TPSA) is 65.0 Å². The second-order valence-electron chi connectivity index (χ2n) is 4.66. The first kappa shape index (κ1) is 21.2. The van der Waals surface area contributed by atoms with Crippen molar-refractivity contribution < 1.29 is 52.6 Å². The Balaban J connectivity index is 3.42. The SMILES string of the molecule is Cc1ncc[n+]([N-]S(=O)(=O)C(F)(F)C(F)(F)C(F)(F)C(F)(F)F)c1C. The number of halogens is 9. The smallest absolute Gasteiger partial charge is 0.317 e. The number of rotatable bonds is 5. The molecular formula is C10H8F9N3O2S. The number of aryl methyl sites for hydroxylation is 1. The van der Waals surface area contributed by atoms with E-state index in [4.69, 9.17) is 0 Å². The van der Waals surface area contributed by atoms with Gasteiger partial charge in [0.05, 0.1) is 6.20 Å². The van der Waals surface area contributed by atoms with E-state index < -0.39 is 33.3 Å². The van der Waals surface area contributed by atoms with Crippen LogP contribution in [0.15, 0.2) is 12.4 Å². The van der Waals surface area contributed by atoms with Crippen molar-refractivity contribution in [3.8, 4) is 0 Å². The third-order valence-corrected chi connectivity index (χ3v) is 4.27. The van der Waals surface area contributed by atoms with E-state index in [-0.39, 0.29) is 16.1 Å². The average Bonchev–Trinajstić information content (AvgIpc) is 2.41. The average molecular weight is 405 g/mol. The fourth-order valence-corrected chi connectivity index (χ4v) is 2.32. The maximum Gasteiger partial charge on any atom is 0.460 e. The molecule has 5 nitrogen and oxygen atoms in total. The Labute approximate surface area is 134 Å². The molecule has 0 saturated heterocycles. The first-order valence-electron chi connectivity index (χ1n) is 5.92. The first-order valence-corrected chi connectivity index (χ1v) is 7.36. The van der Waals surface area contributed by atoms with Crippen LogP contribution >= 0.6 is 0 Å². The number of hydrogen-bond acceptors (Lipinski definition) is 3. The molecule has 0 fully saturated rings. The third kappa shape index (κ3) is 3.20. The van der Waals surface area contributed by atoms with Crippen LogP contribution in [0.4, 0.5) is 39.5 Å². The highest BCUT2D eigenvalue weighted by atomic mass is 32.2. The monoisotopic (exact) mass is 405 g/mol. The summed E-state index contributed by atoms with van der Waals surface area (Å²) in [6.45, 7) is 2.29. The van der Waals surface area contributed by atoms with Crippen LogP contribution < -0.4 is 4.68 Å². The van der Waals surface area contributed by atoms with Crippen molar-refractivity contribution in [2.24, 2.45) is 0 Å². The van der Waals surface area contributed by atoms with E-state index in [2.05, 4.69) is 9.82 Å². The number of hydrogen-bond donors (Lipinski definition) is 0. The Morgan fingerprint density at radius 1 is 0.960 bits per heavy atom. The summed E-state index contributed by atoms with van der Waals surface area (Å²) in [5, 5.41) is -6.87. The van der Waals surface area contributed by atoms with E-state index >= 15 is 0 Å². The van der Waals surface area contributed by atoms with Crippen LogP contribution in [0.2, 0.25) is 0 Å². The van der Waals surface area contributed by atoms with Crippen LogP contribution in [-0.2, 0) is 10.0 Å². The van der Waals surface area contributed by atoms with Gasteiger partial charge in [0.25, 0.3) is 0 Å². The van der Waals surface area contributed by atoms with Crippen LogP contribution in [0.25, 0.3) is 4.83 Å². The molecule has 0 amide bonds. The van der Waals surface area contributed by atoms with E-state index in [1.165, 1.54) is 6.92 Å². The van der Waals surface area contributed by atoms with Gasteiger partial charge in [-0.15, -0.1) is 0 Å². The van der Waals surface area contributed by atoms with Crippen LogP contribution in [-0.4, -0.2) is 36.7 Å². The molecule has 25 heavy (non-hydrogen) atoms. The minimum Gasteiger partial charge on any atom is -0.317 e. The van der Waals surface area contributed by atoms with Crippen LogP contribution in [0, 0.1) is 13.8 Å². The molecule has 0 atom stereocenters. The predicted molar refractivity (Wildman–Crippen MR) is 62.5 cm³/mol. The van der Waals surface area contributed by atoms with Gasteiger partial charge in [-0.1, -0.05) is 0 Å². The summed E-state index contributed by atoms with van der Waals surface area (Å²) >= 11 is 0. The molecule has 0 aromatic carbocycles. The van der Waals surface area contributed by atoms with Gasteiger partial charge in [0, 0.05) is 6.92 Å². The molecule has 15 heteroatoms. The van der Waals surface area contributed by atoms with Crippen molar-refractivity contribution in [3.05, 3.63) is 28.6 Å². The van der Waals surface area contributed by atoms with Crippen molar-refractivity contribution in [1.82, 2.24) is 4.98 Å². The Morgan fingerprint density at radius 3 is 1.88 bits per heavy atom. The molecule has 0 bridgehead atoms. The molecule has 1 heterocycles. The zero-order chi connectivity index (χ0) is 20.1. The summed E-state index contributed by atoms with van der Waals surface area (Å²) in [5.74, 6) is -14.7. The number of aromatic nitrogens is 2. The quantitative estimate of drug-likeness (QED) is 0.559. The Kier molecular flexibility index (Phi) is 4.99. The zero-order valence-electron chi connectivity index (χ0n) is 12.1. The van der Waals surface area contributed by atoms with Crippen molar-refractivity contribution in [1.29, 1.82) is 0 Å². The van der Waals surface area contributed by atoms with Gasteiger partial charge in [0.1, 0.15) is 5.69 Å². The number of sulfonamides is 1. The van der Waals surface area contributed by atoms with Gasteiger partial charge in [-0.05, 0) is 6.92 Å². The van der Waals surface area contributed by atoms with Gasteiger partial charge in [0.2, 0.25) is 10.0 Å². The second-order valence-corrected chi connectivity index (χ2v) is 6.29. The lowest BCUT2D eigenvalue weighted by Crippen LogP contribution is -2.63. The van der Waals surface area contributed by atoms with E-state index in [9.17, 15) is 47.9 Å². The molecule has 1 aromatic rings.